The molecule has 1 heterocycles. The largest absolute Gasteiger partial charge is 0.370 e. The zero-order valence-electron chi connectivity index (χ0n) is 12.2. The second-order valence-corrected chi connectivity index (χ2v) is 5.84. The molecule has 1 aliphatic rings. The minimum Gasteiger partial charge on any atom is -0.370 e. The van der Waals surface area contributed by atoms with Crippen molar-refractivity contribution in [2.24, 2.45) is 5.73 Å². The van der Waals surface area contributed by atoms with Crippen LogP contribution in [0.15, 0.2) is 5.16 Å². The minimum atomic E-state index is -0.556. The van der Waals surface area contributed by atoms with Gasteiger partial charge < -0.3 is 15.6 Å². The number of amides is 4. The summed E-state index contributed by atoms with van der Waals surface area (Å²) in [4.78, 5) is 33.6. The van der Waals surface area contributed by atoms with E-state index in [1.165, 1.54) is 18.8 Å². The van der Waals surface area contributed by atoms with Crippen LogP contribution in [0.3, 0.4) is 0 Å². The van der Waals surface area contributed by atoms with E-state index in [0.29, 0.717) is 17.6 Å². The van der Waals surface area contributed by atoms with Gasteiger partial charge in [0, 0.05) is 25.9 Å². The Bertz CT molecular complexity index is 583. The first-order valence-corrected chi connectivity index (χ1v) is 7.85. The summed E-state index contributed by atoms with van der Waals surface area (Å²) in [5.74, 6) is 0.405. The molecule has 0 spiro atoms. The van der Waals surface area contributed by atoms with Crippen molar-refractivity contribution in [2.45, 2.75) is 36.9 Å². The van der Waals surface area contributed by atoms with Gasteiger partial charge in [-0.3, -0.25) is 14.9 Å². The van der Waals surface area contributed by atoms with Gasteiger partial charge in [-0.25, -0.2) is 4.79 Å². The van der Waals surface area contributed by atoms with Crippen LogP contribution in [-0.2, 0) is 16.1 Å². The van der Waals surface area contributed by atoms with Crippen LogP contribution in [0.4, 0.5) is 4.79 Å². The number of aromatic nitrogens is 3. The van der Waals surface area contributed by atoms with Crippen molar-refractivity contribution in [3.8, 4) is 0 Å². The van der Waals surface area contributed by atoms with Crippen molar-refractivity contribution in [1.82, 2.24) is 25.4 Å². The lowest BCUT2D eigenvalue weighted by atomic mass is 10.3. The third-order valence-corrected chi connectivity index (χ3v) is 4.05. The summed E-state index contributed by atoms with van der Waals surface area (Å²) in [6.45, 7) is 0.396. The molecule has 0 bridgehead atoms. The molecule has 0 aliphatic heterocycles. The molecule has 1 aromatic heterocycles. The summed E-state index contributed by atoms with van der Waals surface area (Å²) < 4.78 is 1.83. The Labute approximate surface area is 131 Å². The van der Waals surface area contributed by atoms with Crippen molar-refractivity contribution < 1.29 is 14.4 Å². The van der Waals surface area contributed by atoms with Gasteiger partial charge in [0.2, 0.25) is 11.8 Å². The monoisotopic (exact) mass is 326 g/mol. The Hall–Kier alpha value is -2.10. The maximum absolute atomic E-state index is 11.6. The molecule has 1 fully saturated rings. The number of nitrogens with two attached hydrogens (primary N) is 1. The molecule has 4 amide bonds. The first-order chi connectivity index (χ1) is 10.5. The molecule has 1 aromatic rings. The SMILES string of the molecule is CNC(=O)NC(=O)CSc1nnc(C2CC2)n1CCC(N)=O. The van der Waals surface area contributed by atoms with Gasteiger partial charge in [-0.05, 0) is 12.8 Å². The molecule has 9 nitrogen and oxygen atoms in total. The molecular weight excluding hydrogens is 308 g/mol. The maximum Gasteiger partial charge on any atom is 0.321 e. The quantitative estimate of drug-likeness (QED) is 0.583. The van der Waals surface area contributed by atoms with E-state index >= 15 is 0 Å². The van der Waals surface area contributed by atoms with Crippen LogP contribution in [0.1, 0.15) is 31.0 Å². The number of hydrogen-bond donors (Lipinski definition) is 3. The van der Waals surface area contributed by atoms with Gasteiger partial charge in [0.25, 0.3) is 0 Å². The van der Waals surface area contributed by atoms with Crippen molar-refractivity contribution in [1.29, 1.82) is 0 Å². The lowest BCUT2D eigenvalue weighted by Gasteiger charge is -2.08. The van der Waals surface area contributed by atoms with E-state index in [-0.39, 0.29) is 12.2 Å². The Morgan fingerprint density at radius 3 is 2.68 bits per heavy atom. The molecule has 0 radical (unpaired) electrons. The standard InChI is InChI=1S/C12H18N6O3S/c1-14-11(21)15-9(20)6-22-12-17-16-10(7-2-3-7)18(12)5-4-8(13)19/h7H,2-6H2,1H3,(H2,13,19)(H2,14,15,20,21). The highest BCUT2D eigenvalue weighted by Gasteiger charge is 2.30. The fourth-order valence-corrected chi connectivity index (χ4v) is 2.61. The highest BCUT2D eigenvalue weighted by molar-refractivity contribution is 7.99. The van der Waals surface area contributed by atoms with E-state index in [1.54, 1.807) is 0 Å². The van der Waals surface area contributed by atoms with E-state index in [4.69, 9.17) is 5.73 Å². The Morgan fingerprint density at radius 1 is 1.36 bits per heavy atom. The average molecular weight is 326 g/mol. The van der Waals surface area contributed by atoms with E-state index in [1.807, 2.05) is 4.57 Å². The molecule has 0 saturated heterocycles. The zero-order valence-corrected chi connectivity index (χ0v) is 13.0. The molecule has 120 valence electrons. The van der Waals surface area contributed by atoms with E-state index in [0.717, 1.165) is 18.7 Å². The van der Waals surface area contributed by atoms with Gasteiger partial charge >= 0.3 is 6.03 Å². The van der Waals surface area contributed by atoms with Gasteiger partial charge in [-0.2, -0.15) is 0 Å². The first-order valence-electron chi connectivity index (χ1n) is 6.87. The first kappa shape index (κ1) is 16.3. The number of imide groups is 1. The predicted octanol–water partition coefficient (Wildman–Crippen LogP) is -0.421. The van der Waals surface area contributed by atoms with Crippen molar-refractivity contribution in [3.63, 3.8) is 0 Å². The third-order valence-electron chi connectivity index (χ3n) is 3.08. The van der Waals surface area contributed by atoms with Crippen molar-refractivity contribution >= 4 is 29.6 Å². The number of carbonyl (C=O) groups excluding carboxylic acids is 3. The summed E-state index contributed by atoms with van der Waals surface area (Å²) >= 11 is 1.17. The Kier molecular flexibility index (Phi) is 5.36. The molecule has 1 saturated carbocycles. The highest BCUT2D eigenvalue weighted by atomic mass is 32.2. The zero-order chi connectivity index (χ0) is 16.1. The molecule has 2 rings (SSSR count). The number of carbonyl (C=O) groups is 3. The van der Waals surface area contributed by atoms with E-state index in [2.05, 4.69) is 20.8 Å². The van der Waals surface area contributed by atoms with Gasteiger partial charge in [0.05, 0.1) is 5.75 Å². The second kappa shape index (κ2) is 7.25. The fourth-order valence-electron chi connectivity index (χ4n) is 1.84. The normalized spacial score (nSPS) is 13.7. The van der Waals surface area contributed by atoms with Gasteiger partial charge in [0.1, 0.15) is 5.82 Å². The number of hydrogen-bond acceptors (Lipinski definition) is 6. The highest BCUT2D eigenvalue weighted by Crippen LogP contribution is 2.40. The summed E-state index contributed by atoms with van der Waals surface area (Å²) in [5, 5.41) is 13.2. The smallest absolute Gasteiger partial charge is 0.321 e. The Morgan fingerprint density at radius 2 is 2.09 bits per heavy atom. The predicted molar refractivity (Wildman–Crippen MR) is 79.1 cm³/mol. The maximum atomic E-state index is 11.6. The van der Waals surface area contributed by atoms with Gasteiger partial charge in [-0.1, -0.05) is 11.8 Å². The lowest BCUT2D eigenvalue weighted by molar-refractivity contribution is -0.118. The third kappa shape index (κ3) is 4.45. The van der Waals surface area contributed by atoms with Crippen molar-refractivity contribution in [3.05, 3.63) is 5.82 Å². The van der Waals surface area contributed by atoms with E-state index in [9.17, 15) is 14.4 Å². The minimum absolute atomic E-state index is 0.0345. The number of nitrogens with one attached hydrogen (secondary N) is 2. The molecule has 22 heavy (non-hydrogen) atoms. The molecular formula is C12H18N6O3S. The van der Waals surface area contributed by atoms with Crippen LogP contribution in [0.2, 0.25) is 0 Å². The molecule has 0 aromatic carbocycles. The Balaban J connectivity index is 1.98. The molecule has 1 aliphatic carbocycles. The number of thioether (sulfide) groups is 1. The summed E-state index contributed by atoms with van der Waals surface area (Å²) in [5.41, 5.74) is 5.18. The lowest BCUT2D eigenvalue weighted by Crippen LogP contribution is -2.38. The number of urea groups is 1. The molecule has 4 N–H and O–H groups in total. The van der Waals surface area contributed by atoms with Crippen molar-refractivity contribution in [2.75, 3.05) is 12.8 Å². The summed E-state index contributed by atoms with van der Waals surface area (Å²) in [6, 6.07) is -0.556. The number of primary amides is 1. The van der Waals surface area contributed by atoms with Crippen LogP contribution >= 0.6 is 11.8 Å². The van der Waals surface area contributed by atoms with E-state index < -0.39 is 17.8 Å². The average Bonchev–Trinajstić information content (AvgIpc) is 3.23. The van der Waals surface area contributed by atoms with Crippen LogP contribution in [-0.4, -0.2) is 45.4 Å². The fraction of sp³-hybridized carbons (Fsp3) is 0.583. The van der Waals surface area contributed by atoms with Crippen LogP contribution in [0.5, 0.6) is 0 Å². The van der Waals surface area contributed by atoms with Gasteiger partial charge in [-0.15, -0.1) is 10.2 Å². The molecule has 0 unspecified atom stereocenters. The second-order valence-electron chi connectivity index (χ2n) is 4.90. The molecule has 0 atom stereocenters. The molecule has 10 heteroatoms. The number of nitrogens with zero attached hydrogens (tertiary/aromatic N) is 3. The number of rotatable bonds is 7. The summed E-state index contributed by atoms with van der Waals surface area (Å²) in [6.07, 6.45) is 2.29. The van der Waals surface area contributed by atoms with Crippen LogP contribution in [0.25, 0.3) is 0 Å². The topological polar surface area (TPSA) is 132 Å². The summed E-state index contributed by atoms with van der Waals surface area (Å²) in [7, 11) is 1.43. The van der Waals surface area contributed by atoms with Gasteiger partial charge in [0.15, 0.2) is 5.16 Å². The van der Waals surface area contributed by atoms with Crippen LogP contribution in [0, 0.1) is 0 Å². The van der Waals surface area contributed by atoms with Crippen LogP contribution < -0.4 is 16.4 Å².